The van der Waals surface area contributed by atoms with Crippen molar-refractivity contribution in [2.45, 2.75) is 24.6 Å². The van der Waals surface area contributed by atoms with E-state index in [4.69, 9.17) is 4.74 Å². The molecular formula is C17H18BrFO. The van der Waals surface area contributed by atoms with E-state index in [2.05, 4.69) is 54.0 Å². The molecule has 0 heterocycles. The van der Waals surface area contributed by atoms with Crippen molar-refractivity contribution >= 4 is 15.9 Å². The average Bonchev–Trinajstić information content (AvgIpc) is 2.46. The molecule has 0 bridgehead atoms. The molecule has 3 heteroatoms. The molecule has 0 N–H and O–H groups in total. The van der Waals surface area contributed by atoms with E-state index in [0.717, 1.165) is 11.1 Å². The molecule has 106 valence electrons. The molecule has 1 unspecified atom stereocenters. The second-order valence-corrected chi connectivity index (χ2v) is 5.99. The fourth-order valence-electron chi connectivity index (χ4n) is 2.13. The highest BCUT2D eigenvalue weighted by Gasteiger charge is 2.16. The number of ether oxygens (including phenoxy) is 1. The lowest BCUT2D eigenvalue weighted by Gasteiger charge is -2.16. The Morgan fingerprint density at radius 1 is 1.00 bits per heavy atom. The topological polar surface area (TPSA) is 9.23 Å². The summed E-state index contributed by atoms with van der Waals surface area (Å²) in [6.07, 6.45) is 0. The van der Waals surface area contributed by atoms with Gasteiger partial charge in [-0.15, -0.1) is 0 Å². The predicted molar refractivity (Wildman–Crippen MR) is 84.3 cm³/mol. The molecule has 2 rings (SSSR count). The van der Waals surface area contributed by atoms with Gasteiger partial charge in [0.05, 0.1) is 11.9 Å². The van der Waals surface area contributed by atoms with Crippen molar-refractivity contribution in [1.82, 2.24) is 0 Å². The molecule has 0 aliphatic heterocycles. The molecule has 0 saturated heterocycles. The lowest BCUT2D eigenvalue weighted by Crippen LogP contribution is -1.98. The van der Waals surface area contributed by atoms with E-state index in [1.807, 2.05) is 0 Å². The minimum absolute atomic E-state index is 0.0886. The summed E-state index contributed by atoms with van der Waals surface area (Å²) < 4.78 is 18.8. The van der Waals surface area contributed by atoms with E-state index in [1.165, 1.54) is 17.7 Å². The smallest absolute Gasteiger partial charge is 0.123 e. The maximum absolute atomic E-state index is 13.5. The molecule has 2 aromatic carbocycles. The molecule has 0 amide bonds. The third kappa shape index (κ3) is 3.21. The summed E-state index contributed by atoms with van der Waals surface area (Å²) in [5.74, 6) is 0.923. The van der Waals surface area contributed by atoms with Crippen molar-refractivity contribution in [2.75, 3.05) is 7.11 Å². The van der Waals surface area contributed by atoms with Crippen LogP contribution >= 0.6 is 15.9 Å². The number of benzene rings is 2. The summed E-state index contributed by atoms with van der Waals surface area (Å²) >= 11 is 3.63. The molecule has 0 aliphatic carbocycles. The van der Waals surface area contributed by atoms with Crippen LogP contribution in [0.25, 0.3) is 0 Å². The number of hydrogen-bond donors (Lipinski definition) is 0. The van der Waals surface area contributed by atoms with E-state index >= 15 is 0 Å². The van der Waals surface area contributed by atoms with Gasteiger partial charge in [0, 0.05) is 5.56 Å². The van der Waals surface area contributed by atoms with Crippen LogP contribution in [0.2, 0.25) is 0 Å². The molecule has 0 radical (unpaired) electrons. The summed E-state index contributed by atoms with van der Waals surface area (Å²) in [6, 6.07) is 12.9. The standard InChI is InChI=1S/C17H18BrFO/c1-11(2)12-4-6-13(7-5-12)17(18)15-10-14(19)8-9-16(15)20-3/h4-11,17H,1-3H3. The first kappa shape index (κ1) is 15.0. The van der Waals surface area contributed by atoms with Crippen molar-refractivity contribution in [3.05, 3.63) is 65.0 Å². The lowest BCUT2D eigenvalue weighted by atomic mass is 9.98. The first-order chi connectivity index (χ1) is 9.52. The molecule has 20 heavy (non-hydrogen) atoms. The van der Waals surface area contributed by atoms with Crippen LogP contribution in [0, 0.1) is 5.82 Å². The highest BCUT2D eigenvalue weighted by Crippen LogP contribution is 2.37. The van der Waals surface area contributed by atoms with E-state index in [9.17, 15) is 4.39 Å². The summed E-state index contributed by atoms with van der Waals surface area (Å²) in [5.41, 5.74) is 3.17. The Balaban J connectivity index is 2.35. The fourth-order valence-corrected chi connectivity index (χ4v) is 2.80. The van der Waals surface area contributed by atoms with Gasteiger partial charge in [-0.1, -0.05) is 54.0 Å². The molecule has 1 atom stereocenters. The monoisotopic (exact) mass is 336 g/mol. The first-order valence-electron chi connectivity index (χ1n) is 6.60. The Morgan fingerprint density at radius 2 is 1.60 bits per heavy atom. The van der Waals surface area contributed by atoms with Crippen molar-refractivity contribution < 1.29 is 9.13 Å². The highest BCUT2D eigenvalue weighted by molar-refractivity contribution is 9.09. The second-order valence-electron chi connectivity index (χ2n) is 5.07. The Labute approximate surface area is 127 Å². The predicted octanol–water partition coefficient (Wildman–Crippen LogP) is 5.44. The Hall–Kier alpha value is -1.35. The van der Waals surface area contributed by atoms with Gasteiger partial charge in [-0.2, -0.15) is 0 Å². The number of methoxy groups -OCH3 is 1. The maximum Gasteiger partial charge on any atom is 0.123 e. The van der Waals surface area contributed by atoms with Gasteiger partial charge in [-0.25, -0.2) is 4.39 Å². The molecule has 0 spiro atoms. The lowest BCUT2D eigenvalue weighted by molar-refractivity contribution is 0.409. The summed E-state index contributed by atoms with van der Waals surface area (Å²) in [7, 11) is 1.60. The van der Waals surface area contributed by atoms with Crippen LogP contribution in [0.4, 0.5) is 4.39 Å². The highest BCUT2D eigenvalue weighted by atomic mass is 79.9. The van der Waals surface area contributed by atoms with Crippen LogP contribution in [-0.2, 0) is 0 Å². The van der Waals surface area contributed by atoms with Gasteiger partial charge in [0.2, 0.25) is 0 Å². The summed E-state index contributed by atoms with van der Waals surface area (Å²) in [6.45, 7) is 4.33. The largest absolute Gasteiger partial charge is 0.496 e. The van der Waals surface area contributed by atoms with Crippen LogP contribution in [0.3, 0.4) is 0 Å². The van der Waals surface area contributed by atoms with Gasteiger partial charge in [0.1, 0.15) is 11.6 Å². The number of halogens is 2. The Bertz CT molecular complexity index is 578. The molecule has 1 nitrogen and oxygen atoms in total. The minimum Gasteiger partial charge on any atom is -0.496 e. The van der Waals surface area contributed by atoms with Gasteiger partial charge in [-0.3, -0.25) is 0 Å². The Morgan fingerprint density at radius 3 is 2.15 bits per heavy atom. The van der Waals surface area contributed by atoms with Gasteiger partial charge in [0.25, 0.3) is 0 Å². The zero-order chi connectivity index (χ0) is 14.7. The van der Waals surface area contributed by atoms with Gasteiger partial charge in [0.15, 0.2) is 0 Å². The molecule has 0 aromatic heterocycles. The van der Waals surface area contributed by atoms with E-state index in [-0.39, 0.29) is 10.6 Å². The first-order valence-corrected chi connectivity index (χ1v) is 7.52. The maximum atomic E-state index is 13.5. The van der Waals surface area contributed by atoms with Crippen molar-refractivity contribution in [3.8, 4) is 5.75 Å². The van der Waals surface area contributed by atoms with Gasteiger partial charge in [-0.05, 0) is 35.2 Å². The SMILES string of the molecule is COc1ccc(F)cc1C(Br)c1ccc(C(C)C)cc1. The third-order valence-electron chi connectivity index (χ3n) is 3.36. The van der Waals surface area contributed by atoms with Crippen LogP contribution in [0.1, 0.15) is 41.3 Å². The van der Waals surface area contributed by atoms with Crippen LogP contribution < -0.4 is 4.74 Å². The molecule has 0 fully saturated rings. The number of rotatable bonds is 4. The van der Waals surface area contributed by atoms with E-state index in [0.29, 0.717) is 11.7 Å². The molecule has 0 aliphatic rings. The molecule has 0 saturated carbocycles. The van der Waals surface area contributed by atoms with Crippen molar-refractivity contribution in [3.63, 3.8) is 0 Å². The van der Waals surface area contributed by atoms with Gasteiger partial charge < -0.3 is 4.74 Å². The zero-order valence-corrected chi connectivity index (χ0v) is 13.4. The molecular weight excluding hydrogens is 319 g/mol. The van der Waals surface area contributed by atoms with E-state index in [1.54, 1.807) is 13.2 Å². The van der Waals surface area contributed by atoms with Crippen molar-refractivity contribution in [1.29, 1.82) is 0 Å². The normalized spacial score (nSPS) is 12.5. The van der Waals surface area contributed by atoms with Crippen LogP contribution in [0.5, 0.6) is 5.75 Å². The third-order valence-corrected chi connectivity index (χ3v) is 4.38. The summed E-state index contributed by atoms with van der Waals surface area (Å²) in [5, 5.41) is 0. The zero-order valence-electron chi connectivity index (χ0n) is 11.9. The quantitative estimate of drug-likeness (QED) is 0.675. The average molecular weight is 337 g/mol. The number of alkyl halides is 1. The summed E-state index contributed by atoms with van der Waals surface area (Å²) in [4.78, 5) is -0.0886. The molecule has 2 aromatic rings. The van der Waals surface area contributed by atoms with E-state index < -0.39 is 0 Å². The van der Waals surface area contributed by atoms with Crippen LogP contribution in [-0.4, -0.2) is 7.11 Å². The second kappa shape index (κ2) is 6.40. The minimum atomic E-state index is -0.260. The Kier molecular flexibility index (Phi) is 4.81. The fraction of sp³-hybridized carbons (Fsp3) is 0.294. The van der Waals surface area contributed by atoms with Gasteiger partial charge >= 0.3 is 0 Å². The van der Waals surface area contributed by atoms with Crippen LogP contribution in [0.15, 0.2) is 42.5 Å². The van der Waals surface area contributed by atoms with Crippen molar-refractivity contribution in [2.24, 2.45) is 0 Å². The number of hydrogen-bond acceptors (Lipinski definition) is 1.